The van der Waals surface area contributed by atoms with Gasteiger partial charge >= 0.3 is 0 Å². The van der Waals surface area contributed by atoms with Gasteiger partial charge < -0.3 is 5.11 Å². The Morgan fingerprint density at radius 3 is 3.00 bits per heavy atom. The maximum atomic E-state index is 10.7. The smallest absolute Gasteiger partial charge is 0.120 e. The minimum atomic E-state index is -0.352. The Morgan fingerprint density at radius 1 is 1.56 bits per heavy atom. The van der Waals surface area contributed by atoms with Crippen molar-refractivity contribution in [1.29, 1.82) is 0 Å². The molecule has 2 heterocycles. The van der Waals surface area contributed by atoms with Crippen molar-refractivity contribution in [3.63, 3.8) is 0 Å². The zero-order valence-electron chi connectivity index (χ0n) is 11.2. The lowest BCUT2D eigenvalue weighted by molar-refractivity contribution is 0.0998. The van der Waals surface area contributed by atoms with Crippen LogP contribution < -0.4 is 0 Å². The zero-order valence-corrected chi connectivity index (χ0v) is 12.0. The zero-order chi connectivity index (χ0) is 12.9. The quantitative estimate of drug-likeness (QED) is 0.900. The third-order valence-corrected chi connectivity index (χ3v) is 5.24. The van der Waals surface area contributed by atoms with Crippen LogP contribution in [0.15, 0.2) is 12.5 Å². The fourth-order valence-corrected chi connectivity index (χ4v) is 4.25. The van der Waals surface area contributed by atoms with E-state index in [1.807, 2.05) is 12.5 Å². The summed E-state index contributed by atoms with van der Waals surface area (Å²) < 4.78 is 2.05. The molecule has 1 saturated carbocycles. The summed E-state index contributed by atoms with van der Waals surface area (Å²) in [6, 6.07) is 0. The average Bonchev–Trinajstić information content (AvgIpc) is 2.91. The molecule has 2 aromatic rings. The van der Waals surface area contributed by atoms with Crippen molar-refractivity contribution in [1.82, 2.24) is 9.38 Å². The maximum absolute atomic E-state index is 10.7. The van der Waals surface area contributed by atoms with Crippen LogP contribution in [0.25, 0.3) is 4.83 Å². The first-order valence-corrected chi connectivity index (χ1v) is 7.39. The number of fused-ring (bicyclic) bond motifs is 1. The van der Waals surface area contributed by atoms with Gasteiger partial charge in [0, 0.05) is 4.88 Å². The van der Waals surface area contributed by atoms with Gasteiger partial charge in [-0.2, -0.15) is 0 Å². The summed E-state index contributed by atoms with van der Waals surface area (Å²) in [6.07, 6.45) is 6.78. The van der Waals surface area contributed by atoms with Crippen LogP contribution in [0.4, 0.5) is 0 Å². The van der Waals surface area contributed by atoms with Gasteiger partial charge in [0.15, 0.2) is 0 Å². The maximum Gasteiger partial charge on any atom is 0.120 e. The third kappa shape index (κ3) is 1.88. The number of hydrogen-bond donors (Lipinski definition) is 1. The molecule has 1 fully saturated rings. The van der Waals surface area contributed by atoms with Gasteiger partial charge in [0.05, 0.1) is 18.0 Å². The van der Waals surface area contributed by atoms with E-state index >= 15 is 0 Å². The second-order valence-corrected chi connectivity index (χ2v) is 7.49. The van der Waals surface area contributed by atoms with Gasteiger partial charge in [0.2, 0.25) is 0 Å². The van der Waals surface area contributed by atoms with Crippen molar-refractivity contribution in [2.75, 3.05) is 0 Å². The Balaban J connectivity index is 1.94. The van der Waals surface area contributed by atoms with Crippen LogP contribution in [-0.2, 0) is 0 Å². The summed E-state index contributed by atoms with van der Waals surface area (Å²) in [5.41, 5.74) is 1.43. The van der Waals surface area contributed by atoms with Gasteiger partial charge in [0.25, 0.3) is 0 Å². The third-order valence-electron chi connectivity index (χ3n) is 4.22. The lowest BCUT2D eigenvalue weighted by Gasteiger charge is -2.21. The van der Waals surface area contributed by atoms with E-state index in [4.69, 9.17) is 0 Å². The molecule has 1 aliphatic carbocycles. The molecule has 0 aliphatic heterocycles. The number of hydrogen-bond acceptors (Lipinski definition) is 3. The molecule has 1 aliphatic rings. The summed E-state index contributed by atoms with van der Waals surface area (Å²) >= 11 is 1.71. The van der Waals surface area contributed by atoms with Crippen LogP contribution >= 0.6 is 11.3 Å². The number of aliphatic hydroxyl groups is 1. The fourth-order valence-electron chi connectivity index (χ4n) is 3.25. The van der Waals surface area contributed by atoms with Crippen molar-refractivity contribution >= 4 is 16.2 Å². The molecule has 0 radical (unpaired) electrons. The summed E-state index contributed by atoms with van der Waals surface area (Å²) in [4.78, 5) is 6.50. The van der Waals surface area contributed by atoms with E-state index in [1.165, 1.54) is 11.3 Å². The van der Waals surface area contributed by atoms with Crippen molar-refractivity contribution in [3.8, 4) is 0 Å². The van der Waals surface area contributed by atoms with Crippen LogP contribution in [-0.4, -0.2) is 14.5 Å². The van der Waals surface area contributed by atoms with Crippen molar-refractivity contribution in [2.45, 2.75) is 46.1 Å². The number of aryl methyl sites for hydroxylation is 1. The van der Waals surface area contributed by atoms with E-state index in [-0.39, 0.29) is 6.10 Å². The Bertz CT molecular complexity index is 569. The monoisotopic (exact) mass is 264 g/mol. The molecule has 2 aromatic heterocycles. The molecule has 1 N–H and O–H groups in total. The van der Waals surface area contributed by atoms with Crippen LogP contribution in [0.2, 0.25) is 0 Å². The Morgan fingerprint density at radius 2 is 2.33 bits per heavy atom. The fraction of sp³-hybridized carbons (Fsp3) is 0.643. The highest BCUT2D eigenvalue weighted by atomic mass is 32.1. The van der Waals surface area contributed by atoms with E-state index in [2.05, 4.69) is 30.2 Å². The standard InChI is InChI=1S/C14H20N2OS/c1-9-12(16-8-15-7-11(16)18-9)13(17)10-4-5-14(2,3)6-10/h7-8,10,13,17H,4-6H2,1-3H3. The molecule has 0 spiro atoms. The molecule has 2 unspecified atom stereocenters. The van der Waals surface area contributed by atoms with Crippen LogP contribution in [0.5, 0.6) is 0 Å². The molecule has 3 nitrogen and oxygen atoms in total. The summed E-state index contributed by atoms with van der Waals surface area (Å²) in [6.45, 7) is 6.69. The van der Waals surface area contributed by atoms with Gasteiger partial charge in [0.1, 0.15) is 11.2 Å². The first-order chi connectivity index (χ1) is 8.48. The van der Waals surface area contributed by atoms with Gasteiger partial charge in [-0.1, -0.05) is 13.8 Å². The predicted octanol–water partition coefficient (Wildman–Crippen LogP) is 3.56. The molecular weight excluding hydrogens is 244 g/mol. The molecule has 0 amide bonds. The van der Waals surface area contributed by atoms with E-state index in [0.29, 0.717) is 11.3 Å². The number of thiazole rings is 1. The summed E-state index contributed by atoms with van der Waals surface area (Å²) in [5.74, 6) is 0.388. The minimum absolute atomic E-state index is 0.352. The van der Waals surface area contributed by atoms with E-state index < -0.39 is 0 Å². The number of aromatic nitrogens is 2. The SMILES string of the molecule is Cc1sc2cncn2c1C(O)C1CCC(C)(C)C1. The van der Waals surface area contributed by atoms with Gasteiger partial charge in [-0.3, -0.25) is 4.40 Å². The largest absolute Gasteiger partial charge is 0.387 e. The predicted molar refractivity (Wildman–Crippen MR) is 73.9 cm³/mol. The second kappa shape index (κ2) is 4.07. The summed E-state index contributed by atoms with van der Waals surface area (Å²) in [5, 5.41) is 10.7. The van der Waals surface area contributed by atoms with Crippen LogP contribution in [0.1, 0.15) is 49.8 Å². The lowest BCUT2D eigenvalue weighted by atomic mass is 9.88. The average molecular weight is 264 g/mol. The Labute approximate surface area is 111 Å². The molecule has 0 saturated heterocycles. The van der Waals surface area contributed by atoms with Crippen LogP contribution in [0.3, 0.4) is 0 Å². The number of imidazole rings is 1. The number of nitrogens with zero attached hydrogens (tertiary/aromatic N) is 2. The molecule has 18 heavy (non-hydrogen) atoms. The molecule has 3 rings (SSSR count). The van der Waals surface area contributed by atoms with Crippen molar-refractivity contribution in [2.24, 2.45) is 11.3 Å². The molecular formula is C14H20N2OS. The molecule has 0 bridgehead atoms. The first-order valence-electron chi connectivity index (χ1n) is 6.57. The minimum Gasteiger partial charge on any atom is -0.387 e. The van der Waals surface area contributed by atoms with E-state index in [1.54, 1.807) is 11.3 Å². The molecule has 98 valence electrons. The molecule has 0 aromatic carbocycles. The number of aliphatic hydroxyl groups excluding tert-OH is 1. The van der Waals surface area contributed by atoms with E-state index in [0.717, 1.165) is 23.4 Å². The highest BCUT2D eigenvalue weighted by Crippen LogP contribution is 2.47. The topological polar surface area (TPSA) is 37.5 Å². The molecule has 4 heteroatoms. The van der Waals surface area contributed by atoms with Gasteiger partial charge in [-0.15, -0.1) is 11.3 Å². The Kier molecular flexibility index (Phi) is 2.75. The van der Waals surface area contributed by atoms with E-state index in [9.17, 15) is 5.11 Å². The molecule has 2 atom stereocenters. The van der Waals surface area contributed by atoms with Crippen molar-refractivity contribution in [3.05, 3.63) is 23.1 Å². The summed E-state index contributed by atoms with van der Waals surface area (Å²) in [7, 11) is 0. The second-order valence-electron chi connectivity index (χ2n) is 6.26. The van der Waals surface area contributed by atoms with Gasteiger partial charge in [-0.25, -0.2) is 4.98 Å². The van der Waals surface area contributed by atoms with Crippen LogP contribution in [0, 0.1) is 18.3 Å². The Hall–Kier alpha value is -0.870. The normalized spacial score (nSPS) is 24.8. The van der Waals surface area contributed by atoms with Gasteiger partial charge in [-0.05, 0) is 37.5 Å². The first kappa shape index (κ1) is 12.2. The number of rotatable bonds is 2. The highest BCUT2D eigenvalue weighted by Gasteiger charge is 2.36. The van der Waals surface area contributed by atoms with Crippen molar-refractivity contribution < 1.29 is 5.11 Å². The highest BCUT2D eigenvalue weighted by molar-refractivity contribution is 7.17. The lowest BCUT2D eigenvalue weighted by Crippen LogP contribution is -2.14.